The average Bonchev–Trinajstić information content (AvgIpc) is 3.21. The number of nitrogens with one attached hydrogen (secondary N) is 3. The number of alkyl carbamates (subject to hydrolysis) is 1. The number of halogens is 1. The number of hydrogen-bond donors (Lipinski definition) is 3. The van der Waals surface area contributed by atoms with Gasteiger partial charge in [-0.15, -0.1) is 11.3 Å². The van der Waals surface area contributed by atoms with E-state index in [1.165, 1.54) is 29.2 Å². The molecule has 0 aliphatic carbocycles. The Morgan fingerprint density at radius 2 is 2.23 bits per heavy atom. The van der Waals surface area contributed by atoms with Gasteiger partial charge in [-0.3, -0.25) is 14.9 Å². The van der Waals surface area contributed by atoms with E-state index in [4.69, 9.17) is 11.6 Å². The van der Waals surface area contributed by atoms with E-state index >= 15 is 0 Å². The van der Waals surface area contributed by atoms with Gasteiger partial charge in [-0.1, -0.05) is 23.4 Å². The predicted molar refractivity (Wildman–Crippen MR) is 100.0 cm³/mol. The zero-order valence-corrected chi connectivity index (χ0v) is 15.8. The van der Waals surface area contributed by atoms with Gasteiger partial charge >= 0.3 is 6.09 Å². The van der Waals surface area contributed by atoms with E-state index in [1.54, 1.807) is 24.6 Å². The van der Waals surface area contributed by atoms with Gasteiger partial charge in [0.15, 0.2) is 5.37 Å². The minimum Gasteiger partial charge on any atom is -0.450 e. The Morgan fingerprint density at radius 3 is 3.00 bits per heavy atom. The summed E-state index contributed by atoms with van der Waals surface area (Å²) in [6.45, 7) is 1.78. The number of aromatic nitrogens is 1. The molecule has 3 rings (SSSR count). The number of carbonyl (C=O) groups excluding carboxylic acids is 3. The van der Waals surface area contributed by atoms with Crippen molar-refractivity contribution in [3.8, 4) is 0 Å². The minimum absolute atomic E-state index is 0.149. The van der Waals surface area contributed by atoms with Gasteiger partial charge < -0.3 is 15.4 Å². The molecule has 0 saturated carbocycles. The fourth-order valence-electron chi connectivity index (χ4n) is 2.13. The number of hydrogen-bond acceptors (Lipinski definition) is 8. The first-order chi connectivity index (χ1) is 12.5. The standard InChI is InChI=1S/C15H13ClN4O4S2/c1-2-24-15(23)20-11(21)7-3-4-25-13(7)19-12(22)14-18-8-6-17-10(16)5-9(8)26-14/h3-6,14,18H,2H2,1H3,(H,19,22)(H,20,21,23). The van der Waals surface area contributed by atoms with Crippen LogP contribution in [0.5, 0.6) is 0 Å². The maximum Gasteiger partial charge on any atom is 0.414 e. The van der Waals surface area contributed by atoms with Crippen molar-refractivity contribution in [1.29, 1.82) is 0 Å². The molecule has 1 aliphatic rings. The summed E-state index contributed by atoms with van der Waals surface area (Å²) in [5.74, 6) is -0.985. The fourth-order valence-corrected chi connectivity index (χ4v) is 4.16. The topological polar surface area (TPSA) is 109 Å². The molecule has 0 saturated heterocycles. The van der Waals surface area contributed by atoms with Crippen LogP contribution in [0.3, 0.4) is 0 Å². The van der Waals surface area contributed by atoms with Crippen molar-refractivity contribution in [2.45, 2.75) is 17.2 Å². The van der Waals surface area contributed by atoms with Crippen molar-refractivity contribution in [2.24, 2.45) is 0 Å². The Bertz CT molecular complexity index is 873. The molecule has 0 spiro atoms. The summed E-state index contributed by atoms with van der Waals surface area (Å²) in [6, 6.07) is 3.19. The molecular formula is C15H13ClN4O4S2. The van der Waals surface area contributed by atoms with E-state index in [-0.39, 0.29) is 18.1 Å². The molecule has 136 valence electrons. The van der Waals surface area contributed by atoms with Crippen molar-refractivity contribution in [2.75, 3.05) is 17.2 Å². The average molecular weight is 413 g/mol. The smallest absolute Gasteiger partial charge is 0.414 e. The van der Waals surface area contributed by atoms with E-state index in [9.17, 15) is 14.4 Å². The largest absolute Gasteiger partial charge is 0.450 e. The lowest BCUT2D eigenvalue weighted by atomic mass is 10.3. The lowest BCUT2D eigenvalue weighted by Gasteiger charge is -2.11. The molecule has 2 aromatic rings. The van der Waals surface area contributed by atoms with Gasteiger partial charge in [0.05, 0.1) is 24.1 Å². The highest BCUT2D eigenvalue weighted by Crippen LogP contribution is 2.39. The number of carbonyl (C=O) groups is 3. The van der Waals surface area contributed by atoms with Gasteiger partial charge in [-0.05, 0) is 24.4 Å². The molecule has 2 aromatic heterocycles. The minimum atomic E-state index is -0.839. The van der Waals surface area contributed by atoms with E-state index in [1.807, 2.05) is 0 Å². The lowest BCUT2D eigenvalue weighted by molar-refractivity contribution is -0.115. The second-order valence-electron chi connectivity index (χ2n) is 4.97. The molecule has 0 radical (unpaired) electrons. The third-order valence-corrected chi connectivity index (χ3v) is 5.44. The van der Waals surface area contributed by atoms with Crippen LogP contribution in [0.2, 0.25) is 5.15 Å². The monoisotopic (exact) mass is 412 g/mol. The van der Waals surface area contributed by atoms with Gasteiger partial charge in [-0.2, -0.15) is 0 Å². The predicted octanol–water partition coefficient (Wildman–Crippen LogP) is 3.17. The summed E-state index contributed by atoms with van der Waals surface area (Å²) in [5.41, 5.74) is 0.896. The molecule has 3 heterocycles. The highest BCUT2D eigenvalue weighted by molar-refractivity contribution is 8.01. The lowest BCUT2D eigenvalue weighted by Crippen LogP contribution is -2.32. The second kappa shape index (κ2) is 7.94. The van der Waals surface area contributed by atoms with Gasteiger partial charge in [0, 0.05) is 4.90 Å². The van der Waals surface area contributed by atoms with Crippen molar-refractivity contribution >= 4 is 63.3 Å². The van der Waals surface area contributed by atoms with Crippen molar-refractivity contribution in [3.63, 3.8) is 0 Å². The Labute approximate surface area is 161 Å². The number of fused-ring (bicyclic) bond motifs is 1. The normalized spacial score (nSPS) is 14.9. The molecule has 0 aromatic carbocycles. The zero-order chi connectivity index (χ0) is 18.7. The van der Waals surface area contributed by atoms with E-state index < -0.39 is 17.4 Å². The van der Waals surface area contributed by atoms with Gasteiger partial charge in [0.25, 0.3) is 11.8 Å². The molecule has 11 heteroatoms. The van der Waals surface area contributed by atoms with Crippen LogP contribution in [-0.2, 0) is 9.53 Å². The van der Waals surface area contributed by atoms with Crippen LogP contribution in [0.25, 0.3) is 0 Å². The molecule has 3 N–H and O–H groups in total. The van der Waals surface area contributed by atoms with Crippen LogP contribution < -0.4 is 16.0 Å². The fraction of sp³-hybridized carbons (Fsp3) is 0.200. The summed E-state index contributed by atoms with van der Waals surface area (Å²) < 4.78 is 4.67. The molecule has 8 nitrogen and oxygen atoms in total. The Morgan fingerprint density at radius 1 is 1.42 bits per heavy atom. The van der Waals surface area contributed by atoms with E-state index in [0.29, 0.717) is 15.8 Å². The van der Waals surface area contributed by atoms with Gasteiger partial charge in [0.2, 0.25) is 0 Å². The highest BCUT2D eigenvalue weighted by atomic mass is 35.5. The number of rotatable bonds is 4. The summed E-state index contributed by atoms with van der Waals surface area (Å²) >= 11 is 8.32. The summed E-state index contributed by atoms with van der Waals surface area (Å²) in [5, 5.41) is 9.56. The summed E-state index contributed by atoms with van der Waals surface area (Å²) in [6.07, 6.45) is 0.718. The number of imide groups is 1. The Kier molecular flexibility index (Phi) is 5.64. The number of anilines is 2. The number of nitrogens with zero attached hydrogens (tertiary/aromatic N) is 1. The summed E-state index contributed by atoms with van der Waals surface area (Å²) in [4.78, 5) is 40.8. The third kappa shape index (κ3) is 4.09. The maximum absolute atomic E-state index is 12.5. The van der Waals surface area contributed by atoms with Gasteiger partial charge in [-0.25, -0.2) is 9.78 Å². The van der Waals surface area contributed by atoms with Gasteiger partial charge in [0.1, 0.15) is 10.2 Å². The van der Waals surface area contributed by atoms with E-state index in [2.05, 4.69) is 25.7 Å². The first-order valence-electron chi connectivity index (χ1n) is 7.43. The number of pyridine rings is 1. The first kappa shape index (κ1) is 18.5. The van der Waals surface area contributed by atoms with Crippen LogP contribution in [0.15, 0.2) is 28.6 Å². The van der Waals surface area contributed by atoms with Crippen molar-refractivity contribution in [1.82, 2.24) is 10.3 Å². The maximum atomic E-state index is 12.5. The van der Waals surface area contributed by atoms with Crippen LogP contribution in [0.1, 0.15) is 17.3 Å². The molecule has 26 heavy (non-hydrogen) atoms. The second-order valence-corrected chi connectivity index (χ2v) is 7.42. The molecular weight excluding hydrogens is 400 g/mol. The Hall–Kier alpha value is -2.30. The molecule has 3 amide bonds. The molecule has 1 atom stereocenters. The van der Waals surface area contributed by atoms with E-state index in [0.717, 1.165) is 4.90 Å². The van der Waals surface area contributed by atoms with Crippen LogP contribution in [-0.4, -0.2) is 34.9 Å². The number of thiophene rings is 1. The molecule has 1 aliphatic heterocycles. The number of ether oxygens (including phenoxy) is 1. The molecule has 1 unspecified atom stereocenters. The molecule has 0 fully saturated rings. The number of amides is 3. The van der Waals surface area contributed by atoms with Crippen molar-refractivity contribution in [3.05, 3.63) is 34.4 Å². The first-order valence-corrected chi connectivity index (χ1v) is 9.57. The quantitative estimate of drug-likeness (QED) is 0.661. The van der Waals surface area contributed by atoms with Crippen molar-refractivity contribution < 1.29 is 19.1 Å². The summed E-state index contributed by atoms with van der Waals surface area (Å²) in [7, 11) is 0. The van der Waals surface area contributed by atoms with Crippen LogP contribution in [0.4, 0.5) is 15.5 Å². The van der Waals surface area contributed by atoms with Crippen LogP contribution in [0, 0.1) is 0 Å². The molecule has 0 bridgehead atoms. The SMILES string of the molecule is CCOC(=O)NC(=O)c1ccsc1NC(=O)C1Nc2cnc(Cl)cc2S1. The highest BCUT2D eigenvalue weighted by Gasteiger charge is 2.29. The Balaban J connectivity index is 1.65. The zero-order valence-electron chi connectivity index (χ0n) is 13.4. The van der Waals surface area contributed by atoms with Crippen LogP contribution >= 0.6 is 34.7 Å². The number of thioether (sulfide) groups is 1. The third-order valence-electron chi connectivity index (χ3n) is 3.24.